The summed E-state index contributed by atoms with van der Waals surface area (Å²) >= 11 is 0. The summed E-state index contributed by atoms with van der Waals surface area (Å²) in [6.45, 7) is 2.67. The van der Waals surface area contributed by atoms with E-state index in [1.807, 2.05) is 37.3 Å². The van der Waals surface area contributed by atoms with Gasteiger partial charge >= 0.3 is 5.97 Å². The second-order valence-corrected chi connectivity index (χ2v) is 6.75. The summed E-state index contributed by atoms with van der Waals surface area (Å²) in [5.41, 5.74) is 2.06. The molecule has 1 aliphatic rings. The van der Waals surface area contributed by atoms with Crippen LogP contribution in [0.3, 0.4) is 0 Å². The van der Waals surface area contributed by atoms with Gasteiger partial charge in [-0.05, 0) is 30.2 Å². The normalized spacial score (nSPS) is 17.6. The molecular formula is C21H22N2O4. The molecule has 6 nitrogen and oxygen atoms in total. The fourth-order valence-corrected chi connectivity index (χ4v) is 3.29. The molecule has 1 aliphatic heterocycles. The molecular weight excluding hydrogens is 344 g/mol. The van der Waals surface area contributed by atoms with Crippen molar-refractivity contribution in [2.45, 2.75) is 25.9 Å². The van der Waals surface area contributed by atoms with E-state index >= 15 is 0 Å². The molecule has 3 rings (SSSR count). The van der Waals surface area contributed by atoms with E-state index in [-0.39, 0.29) is 35.8 Å². The predicted molar refractivity (Wildman–Crippen MR) is 99.9 cm³/mol. The third-order valence-corrected chi connectivity index (χ3v) is 4.95. The van der Waals surface area contributed by atoms with Crippen molar-refractivity contribution in [3.63, 3.8) is 0 Å². The maximum atomic E-state index is 12.5. The minimum Gasteiger partial charge on any atom is -0.478 e. The standard InChI is InChI=1S/C21H22N2O4/c1-14(16-5-3-2-4-6-16)23-13-18(11-19(23)24)20(25)22-12-15-7-9-17(10-8-15)21(26)27/h2-10,14,18H,11-13H2,1H3,(H,22,25)(H,26,27). The highest BCUT2D eigenvalue weighted by molar-refractivity contribution is 5.89. The zero-order valence-electron chi connectivity index (χ0n) is 15.1. The summed E-state index contributed by atoms with van der Waals surface area (Å²) in [5, 5.41) is 11.8. The third-order valence-electron chi connectivity index (χ3n) is 4.95. The van der Waals surface area contributed by atoms with E-state index in [9.17, 15) is 14.4 Å². The fraction of sp³-hybridized carbons (Fsp3) is 0.286. The van der Waals surface area contributed by atoms with Crippen LogP contribution in [-0.4, -0.2) is 34.3 Å². The fourth-order valence-electron chi connectivity index (χ4n) is 3.29. The van der Waals surface area contributed by atoms with E-state index in [2.05, 4.69) is 5.32 Å². The Kier molecular flexibility index (Phi) is 5.54. The first kappa shape index (κ1) is 18.6. The summed E-state index contributed by atoms with van der Waals surface area (Å²) in [5.74, 6) is -1.53. The lowest BCUT2D eigenvalue weighted by Crippen LogP contribution is -2.33. The molecule has 2 unspecified atom stereocenters. The van der Waals surface area contributed by atoms with Crippen molar-refractivity contribution in [1.29, 1.82) is 0 Å². The molecule has 0 saturated carbocycles. The number of hydrogen-bond donors (Lipinski definition) is 2. The lowest BCUT2D eigenvalue weighted by Gasteiger charge is -2.25. The number of aromatic carboxylic acids is 1. The van der Waals surface area contributed by atoms with E-state index in [1.54, 1.807) is 17.0 Å². The van der Waals surface area contributed by atoms with Gasteiger partial charge in [-0.1, -0.05) is 42.5 Å². The van der Waals surface area contributed by atoms with Gasteiger partial charge in [-0.3, -0.25) is 9.59 Å². The molecule has 2 aromatic carbocycles. The van der Waals surface area contributed by atoms with Crippen molar-refractivity contribution >= 4 is 17.8 Å². The quantitative estimate of drug-likeness (QED) is 0.823. The predicted octanol–water partition coefficient (Wildman–Crippen LogP) is 2.61. The maximum absolute atomic E-state index is 12.5. The van der Waals surface area contributed by atoms with Gasteiger partial charge in [0.05, 0.1) is 17.5 Å². The zero-order chi connectivity index (χ0) is 19.4. The lowest BCUT2D eigenvalue weighted by molar-refractivity contribution is -0.130. The highest BCUT2D eigenvalue weighted by atomic mass is 16.4. The van der Waals surface area contributed by atoms with E-state index < -0.39 is 5.97 Å². The van der Waals surface area contributed by atoms with Gasteiger partial charge in [0.1, 0.15) is 0 Å². The zero-order valence-corrected chi connectivity index (χ0v) is 15.1. The highest BCUT2D eigenvalue weighted by Gasteiger charge is 2.36. The number of carboxylic acids is 1. The van der Waals surface area contributed by atoms with Crippen LogP contribution in [0.15, 0.2) is 54.6 Å². The molecule has 27 heavy (non-hydrogen) atoms. The van der Waals surface area contributed by atoms with Crippen LogP contribution in [0.5, 0.6) is 0 Å². The van der Waals surface area contributed by atoms with E-state index in [0.717, 1.165) is 11.1 Å². The Labute approximate surface area is 157 Å². The largest absolute Gasteiger partial charge is 0.478 e. The van der Waals surface area contributed by atoms with E-state index in [1.165, 1.54) is 12.1 Å². The van der Waals surface area contributed by atoms with Crippen molar-refractivity contribution in [2.24, 2.45) is 5.92 Å². The molecule has 2 atom stereocenters. The van der Waals surface area contributed by atoms with Gasteiger partial charge < -0.3 is 15.3 Å². The first-order valence-electron chi connectivity index (χ1n) is 8.90. The Balaban J connectivity index is 1.56. The van der Waals surface area contributed by atoms with Crippen LogP contribution in [0.1, 0.15) is 40.9 Å². The number of amides is 2. The average molecular weight is 366 g/mol. The first-order valence-corrected chi connectivity index (χ1v) is 8.90. The second-order valence-electron chi connectivity index (χ2n) is 6.75. The van der Waals surface area contributed by atoms with Crippen LogP contribution in [0.25, 0.3) is 0 Å². The molecule has 0 spiro atoms. The number of likely N-dealkylation sites (tertiary alicyclic amines) is 1. The minimum atomic E-state index is -0.984. The second kappa shape index (κ2) is 8.03. The molecule has 1 heterocycles. The van der Waals surface area contributed by atoms with Crippen LogP contribution in [0, 0.1) is 5.92 Å². The number of carbonyl (C=O) groups is 3. The van der Waals surface area contributed by atoms with Crippen LogP contribution in [0.4, 0.5) is 0 Å². The topological polar surface area (TPSA) is 86.7 Å². The Morgan fingerprint density at radius 2 is 1.81 bits per heavy atom. The van der Waals surface area contributed by atoms with Gasteiger partial charge in [0.15, 0.2) is 0 Å². The van der Waals surface area contributed by atoms with Gasteiger partial charge in [-0.2, -0.15) is 0 Å². The smallest absolute Gasteiger partial charge is 0.335 e. The minimum absolute atomic E-state index is 0.0164. The van der Waals surface area contributed by atoms with Crippen LogP contribution in [-0.2, 0) is 16.1 Å². The van der Waals surface area contributed by atoms with Crippen molar-refractivity contribution in [2.75, 3.05) is 6.54 Å². The summed E-state index contributed by atoms with van der Waals surface area (Å²) in [6.07, 6.45) is 0.209. The summed E-state index contributed by atoms with van der Waals surface area (Å²) < 4.78 is 0. The number of hydrogen-bond acceptors (Lipinski definition) is 3. The lowest BCUT2D eigenvalue weighted by atomic mass is 10.1. The SMILES string of the molecule is CC(c1ccccc1)N1CC(C(=O)NCc2ccc(C(=O)O)cc2)CC1=O. The van der Waals surface area contributed by atoms with E-state index in [0.29, 0.717) is 13.1 Å². The number of carboxylic acid groups (broad SMARTS) is 1. The monoisotopic (exact) mass is 366 g/mol. The molecule has 0 aliphatic carbocycles. The van der Waals surface area contributed by atoms with Crippen molar-refractivity contribution < 1.29 is 19.5 Å². The molecule has 0 bridgehead atoms. The number of benzene rings is 2. The molecule has 140 valence electrons. The Hall–Kier alpha value is -3.15. The summed E-state index contributed by atoms with van der Waals surface area (Å²) in [4.78, 5) is 37.4. The number of rotatable bonds is 6. The van der Waals surface area contributed by atoms with Crippen molar-refractivity contribution in [3.05, 3.63) is 71.3 Å². The molecule has 0 aromatic heterocycles. The molecule has 2 N–H and O–H groups in total. The number of nitrogens with zero attached hydrogens (tertiary/aromatic N) is 1. The Morgan fingerprint density at radius 1 is 1.15 bits per heavy atom. The first-order chi connectivity index (χ1) is 13.0. The summed E-state index contributed by atoms with van der Waals surface area (Å²) in [7, 11) is 0. The third kappa shape index (κ3) is 4.34. The van der Waals surface area contributed by atoms with Crippen LogP contribution >= 0.6 is 0 Å². The number of carbonyl (C=O) groups excluding carboxylic acids is 2. The molecule has 2 aromatic rings. The maximum Gasteiger partial charge on any atom is 0.335 e. The van der Waals surface area contributed by atoms with Crippen LogP contribution in [0.2, 0.25) is 0 Å². The van der Waals surface area contributed by atoms with Gasteiger partial charge in [0, 0.05) is 19.5 Å². The Bertz CT molecular complexity index is 833. The van der Waals surface area contributed by atoms with Gasteiger partial charge in [0.25, 0.3) is 0 Å². The molecule has 2 amide bonds. The van der Waals surface area contributed by atoms with Gasteiger partial charge in [-0.15, -0.1) is 0 Å². The molecule has 1 saturated heterocycles. The van der Waals surface area contributed by atoms with Gasteiger partial charge in [0.2, 0.25) is 11.8 Å². The molecule has 1 fully saturated rings. The summed E-state index contributed by atoms with van der Waals surface area (Å²) in [6, 6.07) is 16.1. The highest BCUT2D eigenvalue weighted by Crippen LogP contribution is 2.28. The molecule has 0 radical (unpaired) electrons. The van der Waals surface area contributed by atoms with E-state index in [4.69, 9.17) is 5.11 Å². The van der Waals surface area contributed by atoms with Crippen LogP contribution < -0.4 is 5.32 Å². The molecule has 6 heteroatoms. The van der Waals surface area contributed by atoms with Crippen molar-refractivity contribution in [3.8, 4) is 0 Å². The van der Waals surface area contributed by atoms with Gasteiger partial charge in [-0.25, -0.2) is 4.79 Å². The average Bonchev–Trinajstić information content (AvgIpc) is 3.08. The number of nitrogens with one attached hydrogen (secondary N) is 1. The van der Waals surface area contributed by atoms with Crippen molar-refractivity contribution in [1.82, 2.24) is 10.2 Å². The Morgan fingerprint density at radius 3 is 2.44 bits per heavy atom.